The lowest BCUT2D eigenvalue weighted by atomic mass is 10.1. The Morgan fingerprint density at radius 1 is 1.08 bits per heavy atom. The van der Waals surface area contributed by atoms with Gasteiger partial charge in [-0.05, 0) is 43.4 Å². The zero-order valence-corrected chi connectivity index (χ0v) is 23.7. The van der Waals surface area contributed by atoms with Crippen LogP contribution in [-0.2, 0) is 26.2 Å². The van der Waals surface area contributed by atoms with Crippen LogP contribution in [-0.4, -0.2) is 57.6 Å². The number of rotatable bonds is 14. The molecule has 0 radical (unpaired) electrons. The molecule has 0 spiro atoms. The number of anilines is 1. The van der Waals surface area contributed by atoms with E-state index in [1.807, 2.05) is 52.0 Å². The lowest BCUT2D eigenvalue weighted by Crippen LogP contribution is -2.49. The van der Waals surface area contributed by atoms with E-state index in [9.17, 15) is 18.0 Å². The lowest BCUT2D eigenvalue weighted by Gasteiger charge is -2.31. The van der Waals surface area contributed by atoms with Gasteiger partial charge in [-0.3, -0.25) is 13.9 Å². The molecule has 0 aliphatic carbocycles. The average Bonchev–Trinajstić information content (AvgIpc) is 2.84. The van der Waals surface area contributed by atoms with Gasteiger partial charge in [-0.15, -0.1) is 0 Å². The molecule has 1 N–H and O–H groups in total. The summed E-state index contributed by atoms with van der Waals surface area (Å²) in [4.78, 5) is 28.2. The quantitative estimate of drug-likeness (QED) is 0.396. The summed E-state index contributed by atoms with van der Waals surface area (Å²) in [5.74, 6) is 0.476. The van der Waals surface area contributed by atoms with Crippen molar-refractivity contribution in [3.8, 4) is 5.75 Å². The first-order valence-corrected chi connectivity index (χ1v) is 14.6. The molecular weight excluding hydrogens is 490 g/mol. The zero-order chi connectivity index (χ0) is 27.6. The summed E-state index contributed by atoms with van der Waals surface area (Å²) in [6.45, 7) is 8.89. The van der Waals surface area contributed by atoms with Crippen LogP contribution in [0.25, 0.3) is 0 Å². The highest BCUT2D eigenvalue weighted by Crippen LogP contribution is 2.24. The highest BCUT2D eigenvalue weighted by atomic mass is 32.2. The summed E-state index contributed by atoms with van der Waals surface area (Å²) >= 11 is 0. The molecule has 0 saturated heterocycles. The van der Waals surface area contributed by atoms with Gasteiger partial charge in [0.2, 0.25) is 21.8 Å². The highest BCUT2D eigenvalue weighted by molar-refractivity contribution is 7.92. The second-order valence-electron chi connectivity index (χ2n) is 9.71. The standard InChI is InChI=1S/C28H41N3O5S/c1-7-26(28(33)29-19-21(2)3)30(20-23-12-8-11-22(4)17-23)27(32)15-10-16-31(37(6,34)35)24-13-9-14-25(18-24)36-5/h8-9,11-14,17-18,21,26H,7,10,15-16,19-20H2,1-6H3,(H,29,33)/t26-/m1/s1. The maximum absolute atomic E-state index is 13.5. The van der Waals surface area contributed by atoms with Crippen LogP contribution in [0.1, 0.15) is 51.2 Å². The molecule has 0 unspecified atom stereocenters. The Balaban J connectivity index is 2.22. The highest BCUT2D eigenvalue weighted by Gasteiger charge is 2.29. The van der Waals surface area contributed by atoms with Crippen molar-refractivity contribution in [2.45, 2.75) is 59.5 Å². The van der Waals surface area contributed by atoms with Crippen LogP contribution in [0.4, 0.5) is 5.69 Å². The van der Waals surface area contributed by atoms with Gasteiger partial charge in [0.05, 0.1) is 19.1 Å². The molecule has 2 rings (SSSR count). The molecule has 8 nitrogen and oxygen atoms in total. The maximum Gasteiger partial charge on any atom is 0.242 e. The molecule has 37 heavy (non-hydrogen) atoms. The van der Waals surface area contributed by atoms with Crippen molar-refractivity contribution in [2.24, 2.45) is 5.92 Å². The fourth-order valence-electron chi connectivity index (χ4n) is 4.12. The number of hydrogen-bond donors (Lipinski definition) is 1. The van der Waals surface area contributed by atoms with Gasteiger partial charge in [-0.1, -0.05) is 56.7 Å². The Morgan fingerprint density at radius 2 is 1.78 bits per heavy atom. The Hall–Kier alpha value is -3.07. The van der Waals surface area contributed by atoms with E-state index >= 15 is 0 Å². The number of carbonyl (C=O) groups is 2. The number of aryl methyl sites for hydroxylation is 1. The molecule has 0 fully saturated rings. The van der Waals surface area contributed by atoms with Gasteiger partial charge < -0.3 is 15.0 Å². The molecule has 9 heteroatoms. The predicted octanol–water partition coefficient (Wildman–Crippen LogP) is 4.13. The molecule has 2 amide bonds. The number of benzene rings is 2. The lowest BCUT2D eigenvalue weighted by molar-refractivity contribution is -0.141. The normalized spacial score (nSPS) is 12.2. The molecular formula is C28H41N3O5S. The minimum atomic E-state index is -3.58. The Labute approximate surface area is 222 Å². The first-order valence-electron chi connectivity index (χ1n) is 12.7. The van der Waals surface area contributed by atoms with Crippen LogP contribution >= 0.6 is 0 Å². The van der Waals surface area contributed by atoms with Crippen molar-refractivity contribution in [1.29, 1.82) is 0 Å². The molecule has 0 heterocycles. The van der Waals surface area contributed by atoms with E-state index in [1.165, 1.54) is 11.4 Å². The SMILES string of the molecule is CC[C@H](C(=O)NCC(C)C)N(Cc1cccc(C)c1)C(=O)CCCN(c1cccc(OC)c1)S(C)(=O)=O. The Morgan fingerprint density at radius 3 is 2.38 bits per heavy atom. The maximum atomic E-state index is 13.5. The van der Waals surface area contributed by atoms with Crippen LogP contribution in [0, 0.1) is 12.8 Å². The van der Waals surface area contributed by atoms with Crippen molar-refractivity contribution in [1.82, 2.24) is 10.2 Å². The van der Waals surface area contributed by atoms with Crippen LogP contribution in [0.2, 0.25) is 0 Å². The van der Waals surface area contributed by atoms with E-state index in [-0.39, 0.29) is 24.8 Å². The van der Waals surface area contributed by atoms with Crippen LogP contribution in [0.3, 0.4) is 0 Å². The molecule has 0 bridgehead atoms. The monoisotopic (exact) mass is 531 g/mol. The average molecular weight is 532 g/mol. The second kappa shape index (κ2) is 14.0. The number of hydrogen-bond acceptors (Lipinski definition) is 5. The summed E-state index contributed by atoms with van der Waals surface area (Å²) < 4.78 is 31.6. The van der Waals surface area contributed by atoms with E-state index in [1.54, 1.807) is 29.2 Å². The van der Waals surface area contributed by atoms with E-state index in [4.69, 9.17) is 4.74 Å². The summed E-state index contributed by atoms with van der Waals surface area (Å²) in [6.07, 6.45) is 2.03. The van der Waals surface area contributed by atoms with Crippen molar-refractivity contribution < 1.29 is 22.7 Å². The summed E-state index contributed by atoms with van der Waals surface area (Å²) in [7, 11) is -2.05. The molecule has 204 valence electrons. The molecule has 0 saturated carbocycles. The Bertz CT molecular complexity index is 1150. The third-order valence-electron chi connectivity index (χ3n) is 6.00. The Kier molecular flexibility index (Phi) is 11.4. The number of carbonyl (C=O) groups excluding carboxylic acids is 2. The number of methoxy groups -OCH3 is 1. The van der Waals surface area contributed by atoms with Gasteiger partial charge in [0, 0.05) is 32.1 Å². The number of ether oxygens (including phenoxy) is 1. The molecule has 1 atom stereocenters. The number of sulfonamides is 1. The third-order valence-corrected chi connectivity index (χ3v) is 7.19. The smallest absolute Gasteiger partial charge is 0.242 e. The third kappa shape index (κ3) is 9.39. The molecule has 2 aromatic rings. The molecule has 0 aliphatic rings. The largest absolute Gasteiger partial charge is 0.497 e. The van der Waals surface area contributed by atoms with E-state index in [0.29, 0.717) is 43.3 Å². The van der Waals surface area contributed by atoms with Crippen molar-refractivity contribution >= 4 is 27.5 Å². The van der Waals surface area contributed by atoms with Crippen LogP contribution < -0.4 is 14.4 Å². The first kappa shape index (κ1) is 30.2. The van der Waals surface area contributed by atoms with Crippen molar-refractivity contribution in [3.05, 3.63) is 59.7 Å². The second-order valence-corrected chi connectivity index (χ2v) is 11.6. The van der Waals surface area contributed by atoms with Gasteiger partial charge in [-0.2, -0.15) is 0 Å². The first-order chi connectivity index (χ1) is 17.5. The predicted molar refractivity (Wildman–Crippen MR) is 148 cm³/mol. The van der Waals surface area contributed by atoms with E-state index in [0.717, 1.165) is 17.4 Å². The van der Waals surface area contributed by atoms with Gasteiger partial charge in [0.25, 0.3) is 0 Å². The number of amides is 2. The molecule has 0 aliphatic heterocycles. The topological polar surface area (TPSA) is 96.0 Å². The zero-order valence-electron chi connectivity index (χ0n) is 22.9. The van der Waals surface area contributed by atoms with Gasteiger partial charge in [-0.25, -0.2) is 8.42 Å². The fourth-order valence-corrected chi connectivity index (χ4v) is 5.08. The number of nitrogens with one attached hydrogen (secondary N) is 1. The van der Waals surface area contributed by atoms with Gasteiger partial charge >= 0.3 is 0 Å². The summed E-state index contributed by atoms with van der Waals surface area (Å²) in [5, 5.41) is 2.96. The molecule has 2 aromatic carbocycles. The summed E-state index contributed by atoms with van der Waals surface area (Å²) in [6, 6.07) is 14.1. The van der Waals surface area contributed by atoms with Crippen LogP contribution in [0.15, 0.2) is 48.5 Å². The molecule has 0 aromatic heterocycles. The summed E-state index contributed by atoms with van der Waals surface area (Å²) in [5.41, 5.74) is 2.49. The van der Waals surface area contributed by atoms with Crippen molar-refractivity contribution in [2.75, 3.05) is 30.8 Å². The van der Waals surface area contributed by atoms with E-state index < -0.39 is 16.1 Å². The minimum absolute atomic E-state index is 0.107. The van der Waals surface area contributed by atoms with Crippen molar-refractivity contribution in [3.63, 3.8) is 0 Å². The van der Waals surface area contributed by atoms with Gasteiger partial charge in [0.15, 0.2) is 0 Å². The van der Waals surface area contributed by atoms with Gasteiger partial charge in [0.1, 0.15) is 11.8 Å². The van der Waals surface area contributed by atoms with Crippen LogP contribution in [0.5, 0.6) is 5.75 Å². The minimum Gasteiger partial charge on any atom is -0.497 e. The van der Waals surface area contributed by atoms with E-state index in [2.05, 4.69) is 5.32 Å². The fraction of sp³-hybridized carbons (Fsp3) is 0.500. The number of nitrogens with zero attached hydrogens (tertiary/aromatic N) is 2.